The highest BCUT2D eigenvalue weighted by atomic mass is 35.5. The first kappa shape index (κ1) is 11.1. The van der Waals surface area contributed by atoms with Crippen LogP contribution in [-0.4, -0.2) is 0 Å². The third-order valence-electron chi connectivity index (χ3n) is 2.37. The van der Waals surface area contributed by atoms with Gasteiger partial charge in [-0.15, -0.1) is 11.6 Å². The van der Waals surface area contributed by atoms with Crippen molar-refractivity contribution >= 4 is 11.6 Å². The first-order valence-electron chi connectivity index (χ1n) is 4.81. The summed E-state index contributed by atoms with van der Waals surface area (Å²) in [5.74, 6) is -0.613. The molecule has 0 amide bonds. The standard InChI is InChI=1S/C13H9ClF2/c14-8-10-7-9(5-6-12(10)15)11-3-1-2-4-13(11)16/h1-7H,8H2. The quantitative estimate of drug-likeness (QED) is 0.682. The molecule has 16 heavy (non-hydrogen) atoms. The fourth-order valence-electron chi connectivity index (χ4n) is 1.54. The van der Waals surface area contributed by atoms with E-state index in [9.17, 15) is 8.78 Å². The van der Waals surface area contributed by atoms with Crippen LogP contribution in [0.3, 0.4) is 0 Å². The van der Waals surface area contributed by atoms with Crippen molar-refractivity contribution in [3.8, 4) is 11.1 Å². The van der Waals surface area contributed by atoms with Gasteiger partial charge >= 0.3 is 0 Å². The van der Waals surface area contributed by atoms with E-state index in [0.717, 1.165) is 0 Å². The van der Waals surface area contributed by atoms with E-state index in [2.05, 4.69) is 0 Å². The van der Waals surface area contributed by atoms with E-state index >= 15 is 0 Å². The number of rotatable bonds is 2. The molecule has 0 fully saturated rings. The molecule has 82 valence electrons. The van der Waals surface area contributed by atoms with E-state index in [4.69, 9.17) is 11.6 Å². The third-order valence-corrected chi connectivity index (χ3v) is 2.66. The van der Waals surface area contributed by atoms with Crippen molar-refractivity contribution in [2.24, 2.45) is 0 Å². The lowest BCUT2D eigenvalue weighted by molar-refractivity contribution is 0.616. The van der Waals surface area contributed by atoms with Gasteiger partial charge < -0.3 is 0 Å². The molecule has 0 spiro atoms. The lowest BCUT2D eigenvalue weighted by Gasteiger charge is -2.05. The predicted molar refractivity (Wildman–Crippen MR) is 61.4 cm³/mol. The van der Waals surface area contributed by atoms with Crippen molar-refractivity contribution in [3.63, 3.8) is 0 Å². The summed E-state index contributed by atoms with van der Waals surface area (Å²) >= 11 is 5.60. The average Bonchev–Trinajstić information content (AvgIpc) is 2.31. The van der Waals surface area contributed by atoms with Gasteiger partial charge in [-0.25, -0.2) is 8.78 Å². The Morgan fingerprint density at radius 3 is 2.38 bits per heavy atom. The summed E-state index contributed by atoms with van der Waals surface area (Å²) in [6.45, 7) is 0. The minimum Gasteiger partial charge on any atom is -0.207 e. The fourth-order valence-corrected chi connectivity index (χ4v) is 1.74. The van der Waals surface area contributed by atoms with Crippen molar-refractivity contribution in [1.29, 1.82) is 0 Å². The van der Waals surface area contributed by atoms with E-state index in [-0.39, 0.29) is 17.5 Å². The second-order valence-corrected chi connectivity index (χ2v) is 3.69. The molecule has 2 aromatic rings. The maximum absolute atomic E-state index is 13.5. The maximum Gasteiger partial charge on any atom is 0.131 e. The summed E-state index contributed by atoms with van der Waals surface area (Å²) in [6, 6.07) is 10.8. The summed E-state index contributed by atoms with van der Waals surface area (Å²) < 4.78 is 26.7. The van der Waals surface area contributed by atoms with Crippen molar-refractivity contribution in [3.05, 3.63) is 59.7 Å². The molecule has 0 nitrogen and oxygen atoms in total. The molecule has 0 saturated heterocycles. The molecule has 0 aliphatic rings. The lowest BCUT2D eigenvalue weighted by Crippen LogP contribution is -1.89. The van der Waals surface area contributed by atoms with Gasteiger partial charge in [0, 0.05) is 11.1 Å². The Hall–Kier alpha value is -1.41. The molecule has 0 heterocycles. The maximum atomic E-state index is 13.5. The second-order valence-electron chi connectivity index (χ2n) is 3.42. The van der Waals surface area contributed by atoms with Crippen LogP contribution in [-0.2, 0) is 5.88 Å². The molecule has 0 saturated carbocycles. The molecule has 0 unspecified atom stereocenters. The predicted octanol–water partition coefficient (Wildman–Crippen LogP) is 4.37. The topological polar surface area (TPSA) is 0 Å². The SMILES string of the molecule is Fc1ccc(-c2ccccc2F)cc1CCl. The Morgan fingerprint density at radius 2 is 1.69 bits per heavy atom. The van der Waals surface area contributed by atoms with Crippen molar-refractivity contribution < 1.29 is 8.78 Å². The van der Waals surface area contributed by atoms with Gasteiger partial charge in [0.2, 0.25) is 0 Å². The highest BCUT2D eigenvalue weighted by Gasteiger charge is 2.07. The molecule has 0 aromatic heterocycles. The van der Waals surface area contributed by atoms with Gasteiger partial charge in [-0.2, -0.15) is 0 Å². The largest absolute Gasteiger partial charge is 0.207 e. The Bertz CT molecular complexity index is 509. The minimum absolute atomic E-state index is 0.0775. The third kappa shape index (κ3) is 2.07. The summed E-state index contributed by atoms with van der Waals surface area (Å²) in [5, 5.41) is 0. The molecule has 2 rings (SSSR count). The van der Waals surface area contributed by atoms with Gasteiger partial charge in [0.15, 0.2) is 0 Å². The van der Waals surface area contributed by atoms with Crippen LogP contribution in [0.1, 0.15) is 5.56 Å². The van der Waals surface area contributed by atoms with Crippen LogP contribution >= 0.6 is 11.6 Å². The number of hydrogen-bond acceptors (Lipinski definition) is 0. The molecular formula is C13H9ClF2. The number of benzene rings is 2. The Kier molecular flexibility index (Phi) is 3.20. The number of alkyl halides is 1. The molecule has 0 aliphatic carbocycles. The van der Waals surface area contributed by atoms with Crippen LogP contribution in [0.15, 0.2) is 42.5 Å². The van der Waals surface area contributed by atoms with Gasteiger partial charge in [-0.1, -0.05) is 24.3 Å². The fraction of sp³-hybridized carbons (Fsp3) is 0.0769. The van der Waals surface area contributed by atoms with Gasteiger partial charge in [-0.3, -0.25) is 0 Å². The number of hydrogen-bond donors (Lipinski definition) is 0. The molecule has 3 heteroatoms. The van der Waals surface area contributed by atoms with Crippen molar-refractivity contribution in [2.75, 3.05) is 0 Å². The van der Waals surface area contributed by atoms with Gasteiger partial charge in [-0.05, 0) is 23.8 Å². The van der Waals surface area contributed by atoms with Crippen LogP contribution < -0.4 is 0 Å². The molecule has 0 N–H and O–H groups in total. The Labute approximate surface area is 97.5 Å². The first-order chi connectivity index (χ1) is 7.72. The number of halogens is 3. The van der Waals surface area contributed by atoms with Crippen LogP contribution in [0.4, 0.5) is 8.78 Å². The van der Waals surface area contributed by atoms with Crippen LogP contribution in [0.5, 0.6) is 0 Å². The van der Waals surface area contributed by atoms with Crippen LogP contribution in [0, 0.1) is 11.6 Å². The zero-order chi connectivity index (χ0) is 11.5. The second kappa shape index (κ2) is 4.62. The van der Waals surface area contributed by atoms with Crippen molar-refractivity contribution in [1.82, 2.24) is 0 Å². The van der Waals surface area contributed by atoms with Gasteiger partial charge in [0.05, 0.1) is 5.88 Å². The van der Waals surface area contributed by atoms with Gasteiger partial charge in [0.1, 0.15) is 11.6 Å². The summed E-state index contributed by atoms with van der Waals surface area (Å²) in [6.07, 6.45) is 0. The highest BCUT2D eigenvalue weighted by Crippen LogP contribution is 2.25. The Balaban J connectivity index is 2.53. The highest BCUT2D eigenvalue weighted by molar-refractivity contribution is 6.17. The van der Waals surface area contributed by atoms with Gasteiger partial charge in [0.25, 0.3) is 0 Å². The van der Waals surface area contributed by atoms with E-state index < -0.39 is 0 Å². The Morgan fingerprint density at radius 1 is 0.938 bits per heavy atom. The molecule has 0 atom stereocenters. The van der Waals surface area contributed by atoms with Crippen LogP contribution in [0.25, 0.3) is 11.1 Å². The lowest BCUT2D eigenvalue weighted by atomic mass is 10.0. The normalized spacial score (nSPS) is 10.4. The molecular weight excluding hydrogens is 230 g/mol. The summed E-state index contributed by atoms with van der Waals surface area (Å²) in [4.78, 5) is 0. The van der Waals surface area contributed by atoms with E-state index in [1.165, 1.54) is 12.1 Å². The zero-order valence-corrected chi connectivity index (χ0v) is 9.14. The van der Waals surface area contributed by atoms with E-state index in [0.29, 0.717) is 16.7 Å². The summed E-state index contributed by atoms with van der Waals surface area (Å²) in [7, 11) is 0. The van der Waals surface area contributed by atoms with Crippen LogP contribution in [0.2, 0.25) is 0 Å². The van der Waals surface area contributed by atoms with E-state index in [1.54, 1.807) is 30.3 Å². The molecule has 0 radical (unpaired) electrons. The smallest absolute Gasteiger partial charge is 0.131 e. The molecule has 0 aliphatic heterocycles. The first-order valence-corrected chi connectivity index (χ1v) is 5.35. The van der Waals surface area contributed by atoms with Crippen molar-refractivity contribution in [2.45, 2.75) is 5.88 Å². The molecule has 0 bridgehead atoms. The molecule has 2 aromatic carbocycles. The van der Waals surface area contributed by atoms with E-state index in [1.807, 2.05) is 0 Å². The summed E-state index contributed by atoms with van der Waals surface area (Å²) in [5.41, 5.74) is 1.46. The monoisotopic (exact) mass is 238 g/mol. The minimum atomic E-state index is -0.366. The zero-order valence-electron chi connectivity index (χ0n) is 8.38. The average molecular weight is 239 g/mol.